The molecule has 0 amide bonds. The lowest BCUT2D eigenvalue weighted by Gasteiger charge is -2.26. The lowest BCUT2D eigenvalue weighted by Crippen LogP contribution is -3.00. The van der Waals surface area contributed by atoms with E-state index in [0.717, 1.165) is 5.92 Å². The van der Waals surface area contributed by atoms with Crippen LogP contribution < -0.4 is 22.7 Å². The van der Waals surface area contributed by atoms with Crippen molar-refractivity contribution in [3.8, 4) is 0 Å². The fourth-order valence-corrected chi connectivity index (χ4v) is 2.06. The highest BCUT2D eigenvalue weighted by molar-refractivity contribution is 5.84. The van der Waals surface area contributed by atoms with Gasteiger partial charge in [-0.3, -0.25) is 4.79 Å². The van der Waals surface area contributed by atoms with Gasteiger partial charge in [-0.05, 0) is 24.7 Å². The number of quaternary nitrogens is 1. The van der Waals surface area contributed by atoms with Crippen LogP contribution in [0.2, 0.25) is 0 Å². The first-order valence-corrected chi connectivity index (χ1v) is 6.64. The Morgan fingerprint density at radius 2 is 1.47 bits per heavy atom. The van der Waals surface area contributed by atoms with Crippen LogP contribution in [0.3, 0.4) is 0 Å². The first-order chi connectivity index (χ1) is 7.27. The molecule has 2 nitrogen and oxygen atoms in total. The Kier molecular flexibility index (Phi) is 10.4. The van der Waals surface area contributed by atoms with Crippen molar-refractivity contribution in [3.63, 3.8) is 0 Å². The summed E-state index contributed by atoms with van der Waals surface area (Å²) in [4.78, 5) is 11.9. The van der Waals surface area contributed by atoms with E-state index >= 15 is 0 Å². The fourth-order valence-electron chi connectivity index (χ4n) is 2.06. The van der Waals surface area contributed by atoms with Crippen LogP contribution in [0.1, 0.15) is 54.4 Å². The van der Waals surface area contributed by atoms with Gasteiger partial charge in [0.25, 0.3) is 0 Å². The van der Waals surface area contributed by atoms with Crippen LogP contribution in [0.25, 0.3) is 0 Å². The monoisotopic (exact) mass is 307 g/mol. The minimum atomic E-state index is -0.0743. The van der Waals surface area contributed by atoms with Gasteiger partial charge in [0.05, 0.1) is 0 Å². The summed E-state index contributed by atoms with van der Waals surface area (Å²) in [6.45, 7) is 12.9. The summed E-state index contributed by atoms with van der Waals surface area (Å²) < 4.78 is 0. The van der Waals surface area contributed by atoms with Crippen molar-refractivity contribution in [1.82, 2.24) is 0 Å². The number of ketones is 1. The third-order valence-corrected chi connectivity index (χ3v) is 3.82. The molecular formula is C14H30BrNO. The van der Waals surface area contributed by atoms with Crippen molar-refractivity contribution in [2.24, 2.45) is 23.7 Å². The van der Waals surface area contributed by atoms with Crippen LogP contribution in [-0.2, 0) is 4.79 Å². The number of rotatable bonds is 7. The molecule has 0 aliphatic heterocycles. The van der Waals surface area contributed by atoms with Crippen LogP contribution in [0.4, 0.5) is 0 Å². The highest BCUT2D eigenvalue weighted by atomic mass is 79.9. The topological polar surface area (TPSA) is 44.7 Å². The Hall–Kier alpha value is 0.110. The second-order valence-electron chi connectivity index (χ2n) is 5.90. The molecule has 104 valence electrons. The van der Waals surface area contributed by atoms with Crippen molar-refractivity contribution >= 4 is 5.78 Å². The molecule has 0 aromatic rings. The summed E-state index contributed by atoms with van der Waals surface area (Å²) in [6, 6.07) is -0.0743. The van der Waals surface area contributed by atoms with Crippen LogP contribution in [0, 0.1) is 23.7 Å². The van der Waals surface area contributed by atoms with Gasteiger partial charge in [0, 0.05) is 5.92 Å². The first kappa shape index (κ1) is 19.4. The molecule has 17 heavy (non-hydrogen) atoms. The molecule has 0 spiro atoms. The van der Waals surface area contributed by atoms with E-state index in [9.17, 15) is 4.79 Å². The molecule has 0 heterocycles. The molecule has 4 unspecified atom stereocenters. The molecule has 3 N–H and O–H groups in total. The summed E-state index contributed by atoms with van der Waals surface area (Å²) in [5.41, 5.74) is 3.83. The Morgan fingerprint density at radius 1 is 1.00 bits per heavy atom. The fraction of sp³-hybridized carbons (Fsp3) is 0.929. The van der Waals surface area contributed by atoms with Gasteiger partial charge in [-0.2, -0.15) is 0 Å². The molecule has 3 heteroatoms. The van der Waals surface area contributed by atoms with Gasteiger partial charge in [0.1, 0.15) is 6.04 Å². The minimum Gasteiger partial charge on any atom is -1.00 e. The van der Waals surface area contributed by atoms with Gasteiger partial charge in [0.15, 0.2) is 5.78 Å². The third-order valence-electron chi connectivity index (χ3n) is 3.82. The second kappa shape index (κ2) is 9.09. The molecule has 0 aromatic heterocycles. The number of carbonyl (C=O) groups excluding carboxylic acids is 1. The maximum Gasteiger partial charge on any atom is 0.192 e. The smallest absolute Gasteiger partial charge is 0.192 e. The standard InChI is InChI=1S/C14H29NO.BrH/c1-9(2)7-8-10(3)11(4)12(5)14(16)13(6)15;/h9-13H,7-8,15H2,1-6H3;1H. The molecule has 0 aliphatic rings. The maximum absolute atomic E-state index is 11.9. The molecule has 4 atom stereocenters. The van der Waals surface area contributed by atoms with E-state index < -0.39 is 0 Å². The largest absolute Gasteiger partial charge is 1.00 e. The lowest BCUT2D eigenvalue weighted by molar-refractivity contribution is -0.398. The predicted octanol–water partition coefficient (Wildman–Crippen LogP) is -0.466. The predicted molar refractivity (Wildman–Crippen MR) is 68.9 cm³/mol. The van der Waals surface area contributed by atoms with Gasteiger partial charge >= 0.3 is 0 Å². The maximum atomic E-state index is 11.9. The number of hydrogen-bond acceptors (Lipinski definition) is 1. The second-order valence-corrected chi connectivity index (χ2v) is 5.90. The van der Waals surface area contributed by atoms with Crippen molar-refractivity contribution in [2.75, 3.05) is 0 Å². The molecular weight excluding hydrogens is 278 g/mol. The normalized spacial score (nSPS) is 18.1. The SMILES string of the molecule is CC(C)CCC(C)C(C)C(C)C(=O)C(C)[NH3+].[Br-]. The summed E-state index contributed by atoms with van der Waals surface area (Å²) in [7, 11) is 0. The van der Waals surface area contributed by atoms with E-state index in [1.165, 1.54) is 12.8 Å². The van der Waals surface area contributed by atoms with Gasteiger partial charge < -0.3 is 22.7 Å². The zero-order chi connectivity index (χ0) is 12.9. The van der Waals surface area contributed by atoms with Gasteiger partial charge in [0.2, 0.25) is 0 Å². The van der Waals surface area contributed by atoms with Crippen LogP contribution in [0.5, 0.6) is 0 Å². The van der Waals surface area contributed by atoms with Gasteiger partial charge in [-0.15, -0.1) is 0 Å². The number of carbonyl (C=O) groups is 1. The van der Waals surface area contributed by atoms with Crippen LogP contribution >= 0.6 is 0 Å². The number of hydrogen-bond donors (Lipinski definition) is 1. The molecule has 0 saturated heterocycles. The zero-order valence-corrected chi connectivity index (χ0v) is 13.9. The van der Waals surface area contributed by atoms with Crippen molar-refractivity contribution in [2.45, 2.75) is 60.4 Å². The van der Waals surface area contributed by atoms with E-state index in [0.29, 0.717) is 17.6 Å². The third kappa shape index (κ3) is 7.20. The zero-order valence-electron chi connectivity index (χ0n) is 12.3. The molecule has 0 rings (SSSR count). The number of Topliss-reactive ketones (excluding diaryl/α,β-unsaturated/α-hetero) is 1. The number of halogens is 1. The van der Waals surface area contributed by atoms with Crippen molar-refractivity contribution < 1.29 is 27.5 Å². The highest BCUT2D eigenvalue weighted by Gasteiger charge is 2.27. The van der Waals surface area contributed by atoms with Gasteiger partial charge in [-0.25, -0.2) is 0 Å². The molecule has 0 aromatic carbocycles. The lowest BCUT2D eigenvalue weighted by atomic mass is 9.78. The van der Waals surface area contributed by atoms with Crippen LogP contribution in [0.15, 0.2) is 0 Å². The quantitative estimate of drug-likeness (QED) is 0.679. The first-order valence-electron chi connectivity index (χ1n) is 6.64. The van der Waals surface area contributed by atoms with Crippen molar-refractivity contribution in [1.29, 1.82) is 0 Å². The molecule has 0 radical (unpaired) electrons. The van der Waals surface area contributed by atoms with E-state index in [4.69, 9.17) is 0 Å². The van der Waals surface area contributed by atoms with E-state index in [1.807, 2.05) is 6.92 Å². The average molecular weight is 308 g/mol. The summed E-state index contributed by atoms with van der Waals surface area (Å²) in [5, 5.41) is 0. The average Bonchev–Trinajstić information content (AvgIpc) is 2.22. The van der Waals surface area contributed by atoms with Crippen LogP contribution in [-0.4, -0.2) is 11.8 Å². The van der Waals surface area contributed by atoms with E-state index in [2.05, 4.69) is 40.4 Å². The molecule has 0 saturated carbocycles. The Labute approximate surface area is 117 Å². The molecule has 0 aliphatic carbocycles. The van der Waals surface area contributed by atoms with Gasteiger partial charge in [-0.1, -0.05) is 47.5 Å². The molecule has 0 bridgehead atoms. The summed E-state index contributed by atoms with van der Waals surface area (Å²) in [6.07, 6.45) is 2.48. The summed E-state index contributed by atoms with van der Waals surface area (Å²) >= 11 is 0. The Bertz CT molecular complexity index is 216. The van der Waals surface area contributed by atoms with Crippen molar-refractivity contribution in [3.05, 3.63) is 0 Å². The van der Waals surface area contributed by atoms with E-state index in [1.54, 1.807) is 0 Å². The Morgan fingerprint density at radius 3 is 1.82 bits per heavy atom. The minimum absolute atomic E-state index is 0. The summed E-state index contributed by atoms with van der Waals surface area (Å²) in [5.74, 6) is 2.31. The molecule has 0 fully saturated rings. The van der Waals surface area contributed by atoms with E-state index in [-0.39, 0.29) is 28.9 Å². The highest BCUT2D eigenvalue weighted by Crippen LogP contribution is 2.26. The Balaban J connectivity index is 0.